The number of ether oxygens (including phenoxy) is 2. The smallest absolute Gasteiger partial charge is 0.160 e. The van der Waals surface area contributed by atoms with Crippen LogP contribution >= 0.6 is 0 Å². The highest BCUT2D eigenvalue weighted by Crippen LogP contribution is 2.29. The number of fused-ring (bicyclic) bond motifs is 1. The number of anilines is 1. The molecule has 7 heteroatoms. The third kappa shape index (κ3) is 4.88. The molecule has 0 aliphatic heterocycles. The molecule has 0 fully saturated rings. The van der Waals surface area contributed by atoms with Gasteiger partial charge in [-0.05, 0) is 75.9 Å². The number of aliphatic hydroxyl groups excluding tert-OH is 1. The summed E-state index contributed by atoms with van der Waals surface area (Å²) in [6.45, 7) is 7.47. The highest BCUT2D eigenvalue weighted by Gasteiger charge is 2.16. The number of rotatable bonds is 9. The second kappa shape index (κ2) is 9.77. The Morgan fingerprint density at radius 2 is 1.81 bits per heavy atom. The van der Waals surface area contributed by atoms with Gasteiger partial charge in [0.05, 0.1) is 25.7 Å². The van der Waals surface area contributed by atoms with Crippen molar-refractivity contribution in [2.75, 3.05) is 19.5 Å². The first kappa shape index (κ1) is 23.2. The highest BCUT2D eigenvalue weighted by molar-refractivity contribution is 6.21. The molecule has 0 bridgehead atoms. The van der Waals surface area contributed by atoms with E-state index in [2.05, 4.69) is 19.2 Å². The maximum atomic E-state index is 10.1. The number of aliphatic hydroxyl groups is 1. The zero-order chi connectivity index (χ0) is 23.4. The van der Waals surface area contributed by atoms with E-state index < -0.39 is 0 Å². The van der Waals surface area contributed by atoms with Crippen LogP contribution in [0.4, 0.5) is 5.82 Å². The Labute approximate surface area is 189 Å². The van der Waals surface area contributed by atoms with Crippen molar-refractivity contribution < 1.29 is 14.6 Å². The lowest BCUT2D eigenvalue weighted by Crippen LogP contribution is -2.13. The Kier molecular flexibility index (Phi) is 7.08. The predicted octanol–water partition coefficient (Wildman–Crippen LogP) is 5.29. The average Bonchev–Trinajstić information content (AvgIpc) is 3.07. The fourth-order valence-electron chi connectivity index (χ4n) is 3.85. The van der Waals surface area contributed by atoms with Gasteiger partial charge in [-0.15, -0.1) is 0 Å². The monoisotopic (exact) mass is 436 g/mol. The number of imidazole rings is 1. The molecule has 0 unspecified atom stereocenters. The molecule has 3 N–H and O–H groups in total. The van der Waals surface area contributed by atoms with Gasteiger partial charge in [0.25, 0.3) is 0 Å². The van der Waals surface area contributed by atoms with Crippen molar-refractivity contribution in [2.45, 2.75) is 46.6 Å². The number of aryl methyl sites for hydroxylation is 2. The molecule has 1 aromatic carbocycles. The number of hydrogen-bond donors (Lipinski definition) is 3. The minimum absolute atomic E-state index is 0.127. The minimum Gasteiger partial charge on any atom is -0.512 e. The lowest BCUT2D eigenvalue weighted by molar-refractivity contribution is 0.354. The normalized spacial score (nSPS) is 12.1. The second-order valence-electron chi connectivity index (χ2n) is 8.12. The van der Waals surface area contributed by atoms with Gasteiger partial charge in [-0.25, -0.2) is 4.98 Å². The number of nitrogens with one attached hydrogen (secondary N) is 2. The Morgan fingerprint density at radius 3 is 2.41 bits per heavy atom. The minimum atomic E-state index is 0.127. The number of allylic oxidation sites excluding steroid dienone is 2. The Morgan fingerprint density at radius 1 is 1.09 bits per heavy atom. The van der Waals surface area contributed by atoms with Crippen LogP contribution in [0.15, 0.2) is 42.3 Å². The van der Waals surface area contributed by atoms with Crippen molar-refractivity contribution in [3.63, 3.8) is 0 Å². The van der Waals surface area contributed by atoms with E-state index in [0.29, 0.717) is 22.8 Å². The van der Waals surface area contributed by atoms with Gasteiger partial charge in [0.15, 0.2) is 11.5 Å². The lowest BCUT2D eigenvalue weighted by Gasteiger charge is -2.13. The van der Waals surface area contributed by atoms with Crippen LogP contribution in [0.2, 0.25) is 0 Å². The molecule has 3 aromatic rings. The van der Waals surface area contributed by atoms with Gasteiger partial charge in [-0.1, -0.05) is 6.07 Å². The van der Waals surface area contributed by atoms with Crippen LogP contribution in [-0.2, 0) is 12.8 Å². The Bertz CT molecular complexity index is 1160. The number of pyridine rings is 1. The highest BCUT2D eigenvalue weighted by atomic mass is 16.5. The van der Waals surface area contributed by atoms with Gasteiger partial charge < -0.3 is 25.3 Å². The van der Waals surface area contributed by atoms with E-state index in [1.807, 2.05) is 40.9 Å². The Hall–Kier alpha value is -3.48. The standard InChI is InChI=1S/C25H32N4O3/c1-15(2)27-25-20(9-7-18-8-10-21(31-5)22(13-18)32-6)28-23-14-19(11-12-29(23)25)24(16(3)26)17(4)30/h8,10-15,26-27,30H,7,9H2,1-6H3/b24-17+,26-16?. The van der Waals surface area contributed by atoms with Gasteiger partial charge in [0.1, 0.15) is 11.5 Å². The Balaban J connectivity index is 1.98. The van der Waals surface area contributed by atoms with Crippen LogP contribution in [0, 0.1) is 5.41 Å². The van der Waals surface area contributed by atoms with E-state index in [9.17, 15) is 5.11 Å². The van der Waals surface area contributed by atoms with Crippen LogP contribution < -0.4 is 14.8 Å². The predicted molar refractivity (Wildman–Crippen MR) is 130 cm³/mol. The van der Waals surface area contributed by atoms with Gasteiger partial charge >= 0.3 is 0 Å². The summed E-state index contributed by atoms with van der Waals surface area (Å²) >= 11 is 0. The molecule has 0 saturated carbocycles. The van der Waals surface area contributed by atoms with Crippen molar-refractivity contribution in [1.29, 1.82) is 5.41 Å². The largest absolute Gasteiger partial charge is 0.512 e. The average molecular weight is 437 g/mol. The van der Waals surface area contributed by atoms with E-state index >= 15 is 0 Å². The molecule has 170 valence electrons. The van der Waals surface area contributed by atoms with Crippen molar-refractivity contribution in [1.82, 2.24) is 9.38 Å². The maximum Gasteiger partial charge on any atom is 0.160 e. The molecule has 3 rings (SSSR count). The van der Waals surface area contributed by atoms with E-state index in [-0.39, 0.29) is 11.8 Å². The zero-order valence-electron chi connectivity index (χ0n) is 19.6. The van der Waals surface area contributed by atoms with Crippen molar-refractivity contribution in [3.05, 3.63) is 59.1 Å². The number of methoxy groups -OCH3 is 2. The van der Waals surface area contributed by atoms with Crippen molar-refractivity contribution >= 4 is 22.7 Å². The van der Waals surface area contributed by atoms with E-state index in [1.54, 1.807) is 28.1 Å². The molecule has 2 heterocycles. The third-order valence-electron chi connectivity index (χ3n) is 5.25. The fraction of sp³-hybridized carbons (Fsp3) is 0.360. The summed E-state index contributed by atoms with van der Waals surface area (Å²) in [6.07, 6.45) is 3.48. The third-order valence-corrected chi connectivity index (χ3v) is 5.25. The first-order valence-corrected chi connectivity index (χ1v) is 10.7. The molecule has 2 aromatic heterocycles. The summed E-state index contributed by atoms with van der Waals surface area (Å²) in [6, 6.07) is 10.0. The van der Waals surface area contributed by atoms with Crippen LogP contribution in [0.25, 0.3) is 11.2 Å². The van der Waals surface area contributed by atoms with Crippen LogP contribution in [0.5, 0.6) is 11.5 Å². The van der Waals surface area contributed by atoms with Gasteiger partial charge in [0.2, 0.25) is 0 Å². The maximum absolute atomic E-state index is 10.1. The summed E-state index contributed by atoms with van der Waals surface area (Å²) in [5, 5.41) is 21.6. The second-order valence-corrected chi connectivity index (χ2v) is 8.12. The molecule has 0 aliphatic rings. The zero-order valence-corrected chi connectivity index (χ0v) is 19.6. The van der Waals surface area contributed by atoms with Crippen LogP contribution in [0.1, 0.15) is 44.5 Å². The molecular weight excluding hydrogens is 404 g/mol. The van der Waals surface area contributed by atoms with Gasteiger partial charge in [-0.2, -0.15) is 0 Å². The van der Waals surface area contributed by atoms with Gasteiger partial charge in [-0.3, -0.25) is 4.40 Å². The van der Waals surface area contributed by atoms with E-state index in [4.69, 9.17) is 19.9 Å². The molecule has 32 heavy (non-hydrogen) atoms. The summed E-state index contributed by atoms with van der Waals surface area (Å²) in [4.78, 5) is 4.89. The molecule has 0 saturated heterocycles. The molecule has 0 spiro atoms. The number of benzene rings is 1. The van der Waals surface area contributed by atoms with Crippen molar-refractivity contribution in [3.8, 4) is 11.5 Å². The summed E-state index contributed by atoms with van der Waals surface area (Å²) < 4.78 is 12.8. The lowest BCUT2D eigenvalue weighted by atomic mass is 10.0. The van der Waals surface area contributed by atoms with Gasteiger partial charge in [0, 0.05) is 23.5 Å². The van der Waals surface area contributed by atoms with E-state index in [0.717, 1.165) is 41.1 Å². The first-order valence-electron chi connectivity index (χ1n) is 10.7. The molecule has 0 aliphatic carbocycles. The summed E-state index contributed by atoms with van der Waals surface area (Å²) in [7, 11) is 3.27. The number of nitrogens with zero attached hydrogens (tertiary/aromatic N) is 2. The topological polar surface area (TPSA) is 91.9 Å². The quantitative estimate of drug-likeness (QED) is 0.313. The fourth-order valence-corrected chi connectivity index (χ4v) is 3.85. The molecule has 0 amide bonds. The van der Waals surface area contributed by atoms with Crippen molar-refractivity contribution in [2.24, 2.45) is 0 Å². The van der Waals surface area contributed by atoms with Crippen LogP contribution in [-0.4, -0.2) is 40.5 Å². The summed E-state index contributed by atoms with van der Waals surface area (Å²) in [5.41, 5.74) is 4.49. The summed E-state index contributed by atoms with van der Waals surface area (Å²) in [5.74, 6) is 2.51. The molecule has 7 nitrogen and oxygen atoms in total. The molecule has 0 atom stereocenters. The SMILES string of the molecule is COc1ccc(CCc2nc3cc(/C(C(C)=N)=C(\C)O)ccn3c2NC(C)C)cc1OC. The molecule has 0 radical (unpaired) electrons. The molecular formula is C25H32N4O3. The number of aromatic nitrogens is 2. The first-order chi connectivity index (χ1) is 15.2. The number of hydrogen-bond acceptors (Lipinski definition) is 6. The van der Waals surface area contributed by atoms with Crippen LogP contribution in [0.3, 0.4) is 0 Å². The van der Waals surface area contributed by atoms with E-state index in [1.165, 1.54) is 0 Å².